The van der Waals surface area contributed by atoms with Crippen LogP contribution in [0.5, 0.6) is 0 Å². The van der Waals surface area contributed by atoms with Gasteiger partial charge in [-0.05, 0) is 35.3 Å². The van der Waals surface area contributed by atoms with Crippen LogP contribution in [0.4, 0.5) is 11.9 Å². The monoisotopic (exact) mass is 407 g/mol. The normalized spacial score (nSPS) is 15.4. The van der Waals surface area contributed by atoms with Gasteiger partial charge in [0.2, 0.25) is 11.9 Å². The van der Waals surface area contributed by atoms with Crippen LogP contribution in [0, 0.1) is 5.92 Å². The summed E-state index contributed by atoms with van der Waals surface area (Å²) < 4.78 is 1.79. The number of anilines is 2. The number of benzene rings is 2. The molecule has 1 amide bonds. The molecule has 1 aliphatic heterocycles. The summed E-state index contributed by atoms with van der Waals surface area (Å²) in [5, 5.41) is 11.4. The fraction of sp³-hybridized carbons (Fsp3) is 0.227. The van der Waals surface area contributed by atoms with E-state index in [1.165, 1.54) is 0 Å². The number of carbonyl (C=O) groups excluding carboxylic acids is 1. The molecule has 0 saturated carbocycles. The van der Waals surface area contributed by atoms with Crippen LogP contribution in [0.3, 0.4) is 0 Å². The maximum atomic E-state index is 12.2. The number of aromatic nitrogens is 3. The van der Waals surface area contributed by atoms with Crippen LogP contribution in [-0.4, -0.2) is 20.7 Å². The standard InChI is InChI=1S/C22H22ClN5O/c1-14(2)12-20(29)25-21-26-22-24-18(15-8-10-17(23)11-9-15)13-19(28(22)27-21)16-6-4-3-5-7-16/h3-11,13-14,19H,12H2,1-2H3,(H2,24,25,26,27,29)/t19-/m0/s1. The predicted molar refractivity (Wildman–Crippen MR) is 116 cm³/mol. The topological polar surface area (TPSA) is 71.8 Å². The van der Waals surface area contributed by atoms with Gasteiger partial charge in [0.15, 0.2) is 0 Å². The third-order valence-corrected chi connectivity index (χ3v) is 4.86. The van der Waals surface area contributed by atoms with Gasteiger partial charge in [-0.3, -0.25) is 10.1 Å². The first kappa shape index (κ1) is 19.2. The van der Waals surface area contributed by atoms with E-state index in [-0.39, 0.29) is 17.9 Å². The second-order valence-corrected chi connectivity index (χ2v) is 7.85. The highest BCUT2D eigenvalue weighted by Crippen LogP contribution is 2.33. The van der Waals surface area contributed by atoms with Gasteiger partial charge in [0.05, 0.1) is 0 Å². The van der Waals surface area contributed by atoms with E-state index in [0.29, 0.717) is 23.3 Å². The Morgan fingerprint density at radius 3 is 2.59 bits per heavy atom. The van der Waals surface area contributed by atoms with Crippen LogP contribution in [-0.2, 0) is 4.79 Å². The minimum absolute atomic E-state index is 0.0925. The summed E-state index contributed by atoms with van der Waals surface area (Å²) in [4.78, 5) is 16.7. The second-order valence-electron chi connectivity index (χ2n) is 7.42. The van der Waals surface area contributed by atoms with Gasteiger partial charge in [-0.25, -0.2) is 4.68 Å². The summed E-state index contributed by atoms with van der Waals surface area (Å²) in [7, 11) is 0. The Morgan fingerprint density at radius 2 is 1.90 bits per heavy atom. The van der Waals surface area contributed by atoms with E-state index in [4.69, 9.17) is 11.6 Å². The zero-order valence-electron chi connectivity index (χ0n) is 16.3. The molecule has 4 rings (SSSR count). The summed E-state index contributed by atoms with van der Waals surface area (Å²) in [6, 6.07) is 17.5. The molecular weight excluding hydrogens is 386 g/mol. The number of fused-ring (bicyclic) bond motifs is 1. The molecule has 148 valence electrons. The Hall–Kier alpha value is -3.12. The van der Waals surface area contributed by atoms with Crippen molar-refractivity contribution >= 4 is 35.1 Å². The van der Waals surface area contributed by atoms with E-state index in [0.717, 1.165) is 16.8 Å². The lowest BCUT2D eigenvalue weighted by Gasteiger charge is -2.24. The van der Waals surface area contributed by atoms with Crippen LogP contribution in [0.1, 0.15) is 37.4 Å². The Morgan fingerprint density at radius 1 is 1.17 bits per heavy atom. The van der Waals surface area contributed by atoms with E-state index in [9.17, 15) is 4.79 Å². The highest BCUT2D eigenvalue weighted by molar-refractivity contribution is 6.30. The van der Waals surface area contributed by atoms with Gasteiger partial charge in [-0.1, -0.05) is 67.9 Å². The first-order chi connectivity index (χ1) is 14.0. The number of amides is 1. The van der Waals surface area contributed by atoms with Crippen molar-refractivity contribution in [2.75, 3.05) is 10.6 Å². The van der Waals surface area contributed by atoms with Gasteiger partial charge in [-0.2, -0.15) is 4.98 Å². The summed E-state index contributed by atoms with van der Waals surface area (Å²) in [6.45, 7) is 4.00. The molecule has 3 aromatic rings. The van der Waals surface area contributed by atoms with Crippen LogP contribution < -0.4 is 10.6 Å². The van der Waals surface area contributed by atoms with E-state index < -0.39 is 0 Å². The maximum absolute atomic E-state index is 12.2. The zero-order valence-corrected chi connectivity index (χ0v) is 17.0. The highest BCUT2D eigenvalue weighted by atomic mass is 35.5. The van der Waals surface area contributed by atoms with Gasteiger partial charge in [0.1, 0.15) is 6.04 Å². The van der Waals surface area contributed by atoms with Crippen molar-refractivity contribution < 1.29 is 4.79 Å². The van der Waals surface area contributed by atoms with E-state index >= 15 is 0 Å². The molecule has 0 fully saturated rings. The molecule has 7 heteroatoms. The van der Waals surface area contributed by atoms with Crippen LogP contribution in [0.15, 0.2) is 60.7 Å². The Kier molecular flexibility index (Phi) is 5.36. The van der Waals surface area contributed by atoms with Gasteiger partial charge in [-0.15, -0.1) is 5.10 Å². The predicted octanol–water partition coefficient (Wildman–Crippen LogP) is 4.97. The molecule has 0 unspecified atom stereocenters. The van der Waals surface area contributed by atoms with Crippen molar-refractivity contribution in [3.05, 3.63) is 76.8 Å². The van der Waals surface area contributed by atoms with Gasteiger partial charge in [0, 0.05) is 17.1 Å². The summed E-state index contributed by atoms with van der Waals surface area (Å²) >= 11 is 6.04. The molecule has 1 atom stereocenters. The molecule has 2 aromatic carbocycles. The lowest BCUT2D eigenvalue weighted by Crippen LogP contribution is -2.20. The Labute approximate surface area is 174 Å². The fourth-order valence-corrected chi connectivity index (χ4v) is 3.40. The number of nitrogens with zero attached hydrogens (tertiary/aromatic N) is 3. The minimum atomic E-state index is -0.152. The maximum Gasteiger partial charge on any atom is 0.250 e. The fourth-order valence-electron chi connectivity index (χ4n) is 3.28. The van der Waals surface area contributed by atoms with Crippen LogP contribution >= 0.6 is 11.6 Å². The number of nitrogens with one attached hydrogen (secondary N) is 2. The smallest absolute Gasteiger partial charge is 0.250 e. The molecule has 2 heterocycles. The van der Waals surface area contributed by atoms with E-state index in [2.05, 4.69) is 38.9 Å². The average Bonchev–Trinajstić information content (AvgIpc) is 3.10. The molecule has 0 spiro atoms. The van der Waals surface area contributed by atoms with Crippen molar-refractivity contribution in [3.8, 4) is 0 Å². The molecule has 0 radical (unpaired) electrons. The third kappa shape index (κ3) is 4.32. The third-order valence-electron chi connectivity index (χ3n) is 4.61. The van der Waals surface area contributed by atoms with Crippen molar-refractivity contribution in [2.24, 2.45) is 5.92 Å². The molecule has 0 aliphatic carbocycles. The van der Waals surface area contributed by atoms with Crippen LogP contribution in [0.25, 0.3) is 5.70 Å². The molecule has 1 aromatic heterocycles. The van der Waals surface area contributed by atoms with E-state index in [1.54, 1.807) is 4.68 Å². The summed E-state index contributed by atoms with van der Waals surface area (Å²) in [5.41, 5.74) is 2.98. The Bertz CT molecular complexity index is 1040. The molecule has 0 bridgehead atoms. The SMILES string of the molecule is CC(C)CC(=O)Nc1nc2n(n1)[C@H](c1ccccc1)C=C(c1ccc(Cl)cc1)N2. The molecule has 0 saturated heterocycles. The molecule has 6 nitrogen and oxygen atoms in total. The second kappa shape index (κ2) is 8.09. The summed E-state index contributed by atoms with van der Waals surface area (Å²) in [5.74, 6) is 1.04. The summed E-state index contributed by atoms with van der Waals surface area (Å²) in [6.07, 6.45) is 2.52. The molecule has 2 N–H and O–H groups in total. The Balaban J connectivity index is 1.70. The molecule has 1 aliphatic rings. The quantitative estimate of drug-likeness (QED) is 0.626. The lowest BCUT2D eigenvalue weighted by molar-refractivity contribution is -0.116. The van der Waals surface area contributed by atoms with Crippen molar-refractivity contribution in [2.45, 2.75) is 26.3 Å². The minimum Gasteiger partial charge on any atom is -0.324 e. The van der Waals surface area contributed by atoms with Crippen molar-refractivity contribution in [3.63, 3.8) is 0 Å². The highest BCUT2D eigenvalue weighted by Gasteiger charge is 2.25. The lowest BCUT2D eigenvalue weighted by atomic mass is 10.0. The van der Waals surface area contributed by atoms with Crippen LogP contribution in [0.2, 0.25) is 5.02 Å². The average molecular weight is 408 g/mol. The van der Waals surface area contributed by atoms with Gasteiger partial charge in [0.25, 0.3) is 5.95 Å². The molecule has 29 heavy (non-hydrogen) atoms. The number of halogens is 1. The number of carbonyl (C=O) groups is 1. The first-order valence-electron chi connectivity index (χ1n) is 9.55. The molecular formula is C22H22ClN5O. The van der Waals surface area contributed by atoms with Crippen molar-refractivity contribution in [1.29, 1.82) is 0 Å². The number of hydrogen-bond donors (Lipinski definition) is 2. The number of allylic oxidation sites excluding steroid dienone is 1. The zero-order chi connectivity index (χ0) is 20.4. The van der Waals surface area contributed by atoms with E-state index in [1.807, 2.05) is 56.3 Å². The van der Waals surface area contributed by atoms with Gasteiger partial charge < -0.3 is 5.32 Å². The first-order valence-corrected chi connectivity index (χ1v) is 9.93. The van der Waals surface area contributed by atoms with Crippen molar-refractivity contribution in [1.82, 2.24) is 14.8 Å². The number of hydrogen-bond acceptors (Lipinski definition) is 4. The largest absolute Gasteiger partial charge is 0.324 e. The number of rotatable bonds is 5. The van der Waals surface area contributed by atoms with Gasteiger partial charge >= 0.3 is 0 Å².